The number of ether oxygens (including phenoxy) is 4. The quantitative estimate of drug-likeness (QED) is 0.0382. The van der Waals surface area contributed by atoms with Crippen molar-refractivity contribution in [3.63, 3.8) is 0 Å². The van der Waals surface area contributed by atoms with Crippen LogP contribution in [0.5, 0.6) is 23.0 Å². The van der Waals surface area contributed by atoms with E-state index in [2.05, 4.69) is 26.0 Å². The number of hydrogen-bond donors (Lipinski definition) is 0. The van der Waals surface area contributed by atoms with Gasteiger partial charge in [0, 0.05) is 11.1 Å². The highest BCUT2D eigenvalue weighted by atomic mass is 16.5. The smallest absolute Gasteiger partial charge is 0.128 e. The van der Waals surface area contributed by atoms with E-state index in [0.29, 0.717) is 47.0 Å². The van der Waals surface area contributed by atoms with Crippen molar-refractivity contribution in [3.8, 4) is 35.1 Å². The molecule has 0 saturated carbocycles. The number of nitriles is 2. The Morgan fingerprint density at radius 3 is 1.05 bits per heavy atom. The van der Waals surface area contributed by atoms with Crippen LogP contribution in [0.4, 0.5) is 0 Å². The van der Waals surface area contributed by atoms with E-state index in [1.165, 1.54) is 116 Å². The molecule has 0 saturated heterocycles. The molecule has 0 radical (unpaired) electrons. The van der Waals surface area contributed by atoms with Crippen LogP contribution in [0.2, 0.25) is 0 Å². The Kier molecular flexibility index (Phi) is 23.4. The lowest BCUT2D eigenvalue weighted by Gasteiger charge is -2.15. The summed E-state index contributed by atoms with van der Waals surface area (Å²) in [5.74, 6) is 2.59. The largest absolute Gasteiger partial charge is 0.496 e. The third kappa shape index (κ3) is 17.4. The van der Waals surface area contributed by atoms with Gasteiger partial charge in [0.05, 0.1) is 50.7 Å². The minimum Gasteiger partial charge on any atom is -0.496 e. The number of hydrogen-bond acceptors (Lipinski definition) is 6. The first-order valence-electron chi connectivity index (χ1n) is 21.5. The molecule has 0 aromatic heterocycles. The van der Waals surface area contributed by atoms with E-state index < -0.39 is 0 Å². The molecular weight excluding hydrogens is 693 g/mol. The van der Waals surface area contributed by atoms with Gasteiger partial charge >= 0.3 is 0 Å². The lowest BCUT2D eigenvalue weighted by molar-refractivity contribution is 0.304. The van der Waals surface area contributed by atoms with E-state index in [-0.39, 0.29) is 0 Å². The zero-order valence-electron chi connectivity index (χ0n) is 35.0. The predicted octanol–water partition coefficient (Wildman–Crippen LogP) is 14.4. The number of rotatable bonds is 30. The molecule has 0 bridgehead atoms. The highest BCUT2D eigenvalue weighted by molar-refractivity contribution is 5.96. The molecule has 0 fully saturated rings. The predicted molar refractivity (Wildman–Crippen MR) is 234 cm³/mol. The van der Waals surface area contributed by atoms with E-state index in [1.807, 2.05) is 60.7 Å². The number of nitrogens with zero attached hydrogens (tertiary/aromatic N) is 2. The second-order valence-electron chi connectivity index (χ2n) is 14.8. The van der Waals surface area contributed by atoms with Gasteiger partial charge in [0.1, 0.15) is 23.0 Å². The average molecular weight is 761 g/mol. The van der Waals surface area contributed by atoms with Crippen LogP contribution in [-0.4, -0.2) is 27.4 Å². The fourth-order valence-corrected chi connectivity index (χ4v) is 6.87. The maximum absolute atomic E-state index is 10.2. The highest BCUT2D eigenvalue weighted by Gasteiger charge is 2.18. The van der Waals surface area contributed by atoms with Gasteiger partial charge in [-0.2, -0.15) is 10.5 Å². The topological polar surface area (TPSA) is 84.5 Å². The monoisotopic (exact) mass is 761 g/mol. The van der Waals surface area contributed by atoms with Crippen molar-refractivity contribution in [1.82, 2.24) is 0 Å². The minimum absolute atomic E-state index is 0.418. The van der Waals surface area contributed by atoms with E-state index in [9.17, 15) is 10.5 Å². The highest BCUT2D eigenvalue weighted by Crippen LogP contribution is 2.38. The Balaban J connectivity index is 1.55. The molecule has 0 heterocycles. The third-order valence-corrected chi connectivity index (χ3v) is 10.3. The van der Waals surface area contributed by atoms with Gasteiger partial charge in [0.25, 0.3) is 0 Å². The summed E-state index contributed by atoms with van der Waals surface area (Å²) < 4.78 is 23.5. The summed E-state index contributed by atoms with van der Waals surface area (Å²) in [4.78, 5) is 0. The zero-order valence-corrected chi connectivity index (χ0v) is 35.0. The van der Waals surface area contributed by atoms with E-state index in [4.69, 9.17) is 18.9 Å². The molecule has 3 aromatic rings. The Morgan fingerprint density at radius 2 is 0.768 bits per heavy atom. The van der Waals surface area contributed by atoms with Gasteiger partial charge in [-0.3, -0.25) is 0 Å². The molecule has 56 heavy (non-hydrogen) atoms. The molecule has 0 aliphatic rings. The molecule has 0 amide bonds. The Bertz CT molecular complexity index is 1540. The summed E-state index contributed by atoms with van der Waals surface area (Å²) in [6, 6.07) is 23.8. The van der Waals surface area contributed by atoms with Crippen molar-refractivity contribution >= 4 is 23.3 Å². The lowest BCUT2D eigenvalue weighted by atomic mass is 9.96. The molecule has 302 valence electrons. The zero-order chi connectivity index (χ0) is 40.1. The number of allylic oxidation sites excluding steroid dienone is 2. The molecule has 3 rings (SSSR count). The molecule has 3 aromatic carbocycles. The second kappa shape index (κ2) is 28.7. The molecule has 0 aliphatic heterocycles. The standard InChI is InChI=1S/C50H68N2O4/c1-5-7-9-11-13-15-17-19-21-23-33-55-45-29-25-41(26-30-45)35-43(39-51)47-37-50(54-4)48(38-49(47)53-3)44(40-52)36-42-27-31-46(32-28-42)56-34-24-22-20-18-16-14-12-10-8-6-2/h25-32,35-38H,5-24,33-34H2,1-4H3/b43-35+,44-36+. The molecule has 0 aliphatic carbocycles. The molecule has 0 unspecified atom stereocenters. The number of benzene rings is 3. The van der Waals surface area contributed by atoms with E-state index >= 15 is 0 Å². The van der Waals surface area contributed by atoms with E-state index in [1.54, 1.807) is 26.4 Å². The van der Waals surface area contributed by atoms with Crippen molar-refractivity contribution in [2.24, 2.45) is 0 Å². The fraction of sp³-hybridized carbons (Fsp3) is 0.520. The Hall–Kier alpha value is -4.68. The maximum atomic E-state index is 10.2. The van der Waals surface area contributed by atoms with Crippen LogP contribution in [0.1, 0.15) is 165 Å². The van der Waals surface area contributed by atoms with Crippen molar-refractivity contribution in [3.05, 3.63) is 82.9 Å². The first-order valence-corrected chi connectivity index (χ1v) is 21.5. The van der Waals surface area contributed by atoms with Crippen LogP contribution in [0.15, 0.2) is 60.7 Å². The fourth-order valence-electron chi connectivity index (χ4n) is 6.87. The molecule has 6 heteroatoms. The van der Waals surface area contributed by atoms with Crippen LogP contribution in [0.3, 0.4) is 0 Å². The van der Waals surface area contributed by atoms with Gasteiger partial charge < -0.3 is 18.9 Å². The van der Waals surface area contributed by atoms with Gasteiger partial charge in [-0.25, -0.2) is 0 Å². The van der Waals surface area contributed by atoms with Crippen LogP contribution >= 0.6 is 0 Å². The lowest BCUT2D eigenvalue weighted by Crippen LogP contribution is -1.98. The second-order valence-corrected chi connectivity index (χ2v) is 14.8. The Morgan fingerprint density at radius 1 is 0.464 bits per heavy atom. The van der Waals surface area contributed by atoms with Crippen LogP contribution < -0.4 is 18.9 Å². The summed E-state index contributed by atoms with van der Waals surface area (Å²) in [6.45, 7) is 5.93. The first kappa shape index (κ1) is 45.7. The molecule has 0 N–H and O–H groups in total. The van der Waals surface area contributed by atoms with Crippen LogP contribution in [-0.2, 0) is 0 Å². The number of unbranched alkanes of at least 4 members (excludes halogenated alkanes) is 18. The van der Waals surface area contributed by atoms with Gasteiger partial charge in [-0.05, 0) is 72.5 Å². The van der Waals surface area contributed by atoms with Gasteiger partial charge in [-0.15, -0.1) is 0 Å². The SMILES string of the molecule is CCCCCCCCCCCCOc1ccc(/C=C(\C#N)c2cc(OC)c(/C(C#N)=C/c3ccc(OCCCCCCCCCCCC)cc3)cc2OC)cc1. The molecule has 0 atom stereocenters. The minimum atomic E-state index is 0.418. The van der Waals surface area contributed by atoms with Crippen molar-refractivity contribution in [2.75, 3.05) is 27.4 Å². The van der Waals surface area contributed by atoms with E-state index in [0.717, 1.165) is 35.5 Å². The normalized spacial score (nSPS) is 11.5. The molecule has 0 spiro atoms. The maximum Gasteiger partial charge on any atom is 0.128 e. The van der Waals surface area contributed by atoms with Crippen molar-refractivity contribution < 1.29 is 18.9 Å². The third-order valence-electron chi connectivity index (χ3n) is 10.3. The van der Waals surface area contributed by atoms with Gasteiger partial charge in [0.2, 0.25) is 0 Å². The molecular formula is C50H68N2O4. The average Bonchev–Trinajstić information content (AvgIpc) is 3.23. The summed E-state index contributed by atoms with van der Waals surface area (Å²) in [5, 5.41) is 20.4. The summed E-state index contributed by atoms with van der Waals surface area (Å²) in [6.07, 6.45) is 29.5. The summed E-state index contributed by atoms with van der Waals surface area (Å²) >= 11 is 0. The van der Waals surface area contributed by atoms with Crippen LogP contribution in [0.25, 0.3) is 23.3 Å². The van der Waals surface area contributed by atoms with Crippen molar-refractivity contribution in [2.45, 2.75) is 142 Å². The van der Waals surface area contributed by atoms with Crippen molar-refractivity contribution in [1.29, 1.82) is 10.5 Å². The molecule has 6 nitrogen and oxygen atoms in total. The van der Waals surface area contributed by atoms with Gasteiger partial charge in [0.15, 0.2) is 0 Å². The summed E-state index contributed by atoms with van der Waals surface area (Å²) in [5.41, 5.74) is 3.73. The first-order chi connectivity index (χ1) is 27.6. The Labute approximate surface area is 339 Å². The van der Waals surface area contributed by atoms with Crippen LogP contribution in [0, 0.1) is 22.7 Å². The van der Waals surface area contributed by atoms with Gasteiger partial charge in [-0.1, -0.05) is 154 Å². The number of methoxy groups -OCH3 is 2. The summed E-state index contributed by atoms with van der Waals surface area (Å²) in [7, 11) is 3.13.